The molecule has 6 nitrogen and oxygen atoms in total. The van der Waals surface area contributed by atoms with Crippen LogP contribution in [0.15, 0.2) is 0 Å². The highest BCUT2D eigenvalue weighted by Gasteiger charge is 2.39. The van der Waals surface area contributed by atoms with Gasteiger partial charge in [-0.15, -0.1) is 11.8 Å². The first kappa shape index (κ1) is 13.5. The Balaban J connectivity index is 1.86. The number of thioether (sulfide) groups is 1. The molecule has 2 rings (SSSR count). The van der Waals surface area contributed by atoms with Crippen LogP contribution in [0.25, 0.3) is 0 Å². The third-order valence-corrected chi connectivity index (χ3v) is 4.70. The molecule has 1 saturated carbocycles. The van der Waals surface area contributed by atoms with Crippen LogP contribution in [0.3, 0.4) is 0 Å². The van der Waals surface area contributed by atoms with Crippen molar-refractivity contribution in [2.75, 3.05) is 25.3 Å². The fourth-order valence-electron chi connectivity index (χ4n) is 2.21. The summed E-state index contributed by atoms with van der Waals surface area (Å²) in [4.78, 5) is 24.3. The number of carbonyl (C=O) groups is 2. The van der Waals surface area contributed by atoms with Gasteiger partial charge in [0.1, 0.15) is 6.04 Å². The number of carboxylic acids is 1. The molecule has 1 aliphatic carbocycles. The first-order valence-electron chi connectivity index (χ1n) is 5.98. The first-order chi connectivity index (χ1) is 8.58. The Labute approximate surface area is 110 Å². The van der Waals surface area contributed by atoms with E-state index in [1.807, 2.05) is 0 Å². The Hall–Kier alpha value is -0.950. The van der Waals surface area contributed by atoms with Gasteiger partial charge in [-0.1, -0.05) is 0 Å². The Kier molecular flexibility index (Phi) is 4.01. The molecule has 102 valence electrons. The second-order valence-electron chi connectivity index (χ2n) is 4.72. The Morgan fingerprint density at radius 3 is 2.78 bits per heavy atom. The van der Waals surface area contributed by atoms with Crippen LogP contribution >= 0.6 is 11.8 Å². The van der Waals surface area contributed by atoms with Crippen LogP contribution in [-0.2, 0) is 9.53 Å². The Morgan fingerprint density at radius 2 is 2.28 bits per heavy atom. The normalized spacial score (nSPS) is 25.6. The second-order valence-corrected chi connectivity index (χ2v) is 5.72. The van der Waals surface area contributed by atoms with Crippen molar-refractivity contribution >= 4 is 23.8 Å². The number of hydrogen-bond acceptors (Lipinski definition) is 4. The van der Waals surface area contributed by atoms with Crippen LogP contribution in [0.1, 0.15) is 19.3 Å². The van der Waals surface area contributed by atoms with Gasteiger partial charge in [-0.2, -0.15) is 0 Å². The summed E-state index contributed by atoms with van der Waals surface area (Å²) in [6.45, 7) is 0.454. The molecule has 0 aromatic rings. The van der Waals surface area contributed by atoms with Crippen molar-refractivity contribution in [2.24, 2.45) is 0 Å². The zero-order valence-electron chi connectivity index (χ0n) is 10.3. The molecule has 2 aliphatic rings. The third-order valence-electron chi connectivity index (χ3n) is 3.69. The molecule has 0 bridgehead atoms. The maximum absolute atomic E-state index is 11.9. The molecule has 1 heterocycles. The van der Waals surface area contributed by atoms with E-state index in [9.17, 15) is 9.59 Å². The van der Waals surface area contributed by atoms with Gasteiger partial charge in [-0.25, -0.2) is 9.59 Å². The molecule has 2 amide bonds. The smallest absolute Gasteiger partial charge is 0.327 e. The van der Waals surface area contributed by atoms with E-state index >= 15 is 0 Å². The molecule has 2 fully saturated rings. The maximum Gasteiger partial charge on any atom is 0.327 e. The number of aliphatic carboxylic acids is 1. The number of nitrogens with zero attached hydrogens (tertiary/aromatic N) is 1. The summed E-state index contributed by atoms with van der Waals surface area (Å²) in [6.07, 6.45) is 3.00. The molecule has 1 aliphatic heterocycles. The summed E-state index contributed by atoms with van der Waals surface area (Å²) >= 11 is 1.46. The van der Waals surface area contributed by atoms with Crippen molar-refractivity contribution in [3.63, 3.8) is 0 Å². The SMILES string of the molecule is COC1(CNC(=O)N2CSC[C@H]2C(=O)O)CCC1. The second kappa shape index (κ2) is 5.36. The number of amides is 2. The van der Waals surface area contributed by atoms with E-state index < -0.39 is 12.0 Å². The molecule has 7 heteroatoms. The monoisotopic (exact) mass is 274 g/mol. The molecule has 1 saturated heterocycles. The van der Waals surface area contributed by atoms with Crippen LogP contribution in [-0.4, -0.2) is 58.9 Å². The van der Waals surface area contributed by atoms with Gasteiger partial charge in [0.25, 0.3) is 0 Å². The number of carboxylic acid groups (broad SMARTS) is 1. The number of nitrogens with one attached hydrogen (secondary N) is 1. The lowest BCUT2D eigenvalue weighted by atomic mass is 9.80. The van der Waals surface area contributed by atoms with Gasteiger partial charge in [-0.3, -0.25) is 0 Å². The molecule has 1 atom stereocenters. The fourth-order valence-corrected chi connectivity index (χ4v) is 3.35. The summed E-state index contributed by atoms with van der Waals surface area (Å²) < 4.78 is 5.41. The molecule has 18 heavy (non-hydrogen) atoms. The first-order valence-corrected chi connectivity index (χ1v) is 7.14. The minimum Gasteiger partial charge on any atom is -0.480 e. The third kappa shape index (κ3) is 2.56. The van der Waals surface area contributed by atoms with E-state index in [-0.39, 0.29) is 11.6 Å². The lowest BCUT2D eigenvalue weighted by Gasteiger charge is -2.40. The lowest BCUT2D eigenvalue weighted by molar-refractivity contribution is -0.140. The highest BCUT2D eigenvalue weighted by molar-refractivity contribution is 7.99. The predicted octanol–water partition coefficient (Wildman–Crippen LogP) is 0.725. The van der Waals surface area contributed by atoms with E-state index in [0.717, 1.165) is 19.3 Å². The summed E-state index contributed by atoms with van der Waals surface area (Å²) in [5.74, 6) is -0.0544. The van der Waals surface area contributed by atoms with Crippen molar-refractivity contribution < 1.29 is 19.4 Å². The number of ether oxygens (including phenoxy) is 1. The number of rotatable bonds is 4. The average molecular weight is 274 g/mol. The largest absolute Gasteiger partial charge is 0.480 e. The standard InChI is InChI=1S/C11H18N2O4S/c1-17-11(3-2-4-11)6-12-10(16)13-7-18-5-8(13)9(14)15/h8H,2-7H2,1H3,(H,12,16)(H,14,15)/t8-/m0/s1. The molecule has 0 unspecified atom stereocenters. The van der Waals surface area contributed by atoms with Crippen molar-refractivity contribution in [1.82, 2.24) is 10.2 Å². The van der Waals surface area contributed by atoms with E-state index in [2.05, 4.69) is 5.32 Å². The molecule has 0 radical (unpaired) electrons. The van der Waals surface area contributed by atoms with Gasteiger partial charge in [-0.05, 0) is 19.3 Å². The molecule has 0 aromatic heterocycles. The number of urea groups is 1. The quantitative estimate of drug-likeness (QED) is 0.790. The summed E-state index contributed by atoms with van der Waals surface area (Å²) in [7, 11) is 1.65. The van der Waals surface area contributed by atoms with Crippen LogP contribution in [0.2, 0.25) is 0 Å². The molecule has 2 N–H and O–H groups in total. The minimum absolute atomic E-state index is 0.235. The van der Waals surface area contributed by atoms with Gasteiger partial charge in [0.2, 0.25) is 0 Å². The van der Waals surface area contributed by atoms with Gasteiger partial charge < -0.3 is 20.1 Å². The molecule has 0 aromatic carbocycles. The van der Waals surface area contributed by atoms with E-state index in [1.165, 1.54) is 16.7 Å². The zero-order valence-corrected chi connectivity index (χ0v) is 11.2. The van der Waals surface area contributed by atoms with E-state index in [4.69, 9.17) is 9.84 Å². The van der Waals surface area contributed by atoms with Crippen molar-refractivity contribution in [2.45, 2.75) is 30.9 Å². The Morgan fingerprint density at radius 1 is 1.56 bits per heavy atom. The maximum atomic E-state index is 11.9. The van der Waals surface area contributed by atoms with E-state index in [0.29, 0.717) is 18.2 Å². The number of carbonyl (C=O) groups excluding carboxylic acids is 1. The Bertz CT molecular complexity index is 340. The zero-order chi connectivity index (χ0) is 13.2. The highest BCUT2D eigenvalue weighted by Crippen LogP contribution is 2.34. The van der Waals surface area contributed by atoms with Gasteiger partial charge in [0.15, 0.2) is 0 Å². The topological polar surface area (TPSA) is 78.9 Å². The number of methoxy groups -OCH3 is 1. The molecular weight excluding hydrogens is 256 g/mol. The van der Waals surface area contributed by atoms with E-state index in [1.54, 1.807) is 7.11 Å². The average Bonchev–Trinajstić information content (AvgIpc) is 2.76. The van der Waals surface area contributed by atoms with Gasteiger partial charge in [0.05, 0.1) is 11.5 Å². The van der Waals surface area contributed by atoms with Crippen LogP contribution in [0.4, 0.5) is 4.79 Å². The van der Waals surface area contributed by atoms with Gasteiger partial charge >= 0.3 is 12.0 Å². The fraction of sp³-hybridized carbons (Fsp3) is 0.818. The predicted molar refractivity (Wildman–Crippen MR) is 67.6 cm³/mol. The van der Waals surface area contributed by atoms with Crippen LogP contribution in [0.5, 0.6) is 0 Å². The van der Waals surface area contributed by atoms with Crippen molar-refractivity contribution in [3.8, 4) is 0 Å². The van der Waals surface area contributed by atoms with Gasteiger partial charge in [0, 0.05) is 19.4 Å². The summed E-state index contributed by atoms with van der Waals surface area (Å²) in [5, 5.41) is 11.8. The summed E-state index contributed by atoms with van der Waals surface area (Å²) in [5.41, 5.74) is -0.235. The molecular formula is C11H18N2O4S. The minimum atomic E-state index is -0.944. The summed E-state index contributed by atoms with van der Waals surface area (Å²) in [6, 6.07) is -1.02. The van der Waals surface area contributed by atoms with Crippen LogP contribution in [0, 0.1) is 0 Å². The van der Waals surface area contributed by atoms with Crippen molar-refractivity contribution in [3.05, 3.63) is 0 Å². The lowest BCUT2D eigenvalue weighted by Crippen LogP contribution is -2.54. The number of hydrogen-bond donors (Lipinski definition) is 2. The van der Waals surface area contributed by atoms with Crippen LogP contribution < -0.4 is 5.32 Å². The highest BCUT2D eigenvalue weighted by atomic mass is 32.2. The van der Waals surface area contributed by atoms with Crippen molar-refractivity contribution in [1.29, 1.82) is 0 Å². The molecule has 0 spiro atoms.